The minimum Gasteiger partial charge on any atom is -0.472 e. The van der Waals surface area contributed by atoms with Crippen LogP contribution in [0.4, 0.5) is 4.39 Å². The topological polar surface area (TPSA) is 118 Å². The smallest absolute Gasteiger partial charge is 0.283 e. The number of halogens is 1. The molecule has 0 radical (unpaired) electrons. The Morgan fingerprint density at radius 2 is 2.21 bits per heavy atom. The van der Waals surface area contributed by atoms with Crippen LogP contribution in [0.1, 0.15) is 16.1 Å². The summed E-state index contributed by atoms with van der Waals surface area (Å²) in [4.78, 5) is 16.2. The van der Waals surface area contributed by atoms with Gasteiger partial charge in [-0.15, -0.1) is 5.10 Å². The molecule has 1 fully saturated rings. The molecule has 4 heterocycles. The number of pyridine rings is 1. The highest BCUT2D eigenvalue weighted by Crippen LogP contribution is 2.21. The summed E-state index contributed by atoms with van der Waals surface area (Å²) in [7, 11) is 0. The van der Waals surface area contributed by atoms with Gasteiger partial charge in [-0.05, 0) is 12.1 Å². The summed E-state index contributed by atoms with van der Waals surface area (Å²) in [5.41, 5.74) is 4.56. The second-order valence-electron chi connectivity index (χ2n) is 6.00. The highest BCUT2D eigenvalue weighted by Gasteiger charge is 2.17. The maximum Gasteiger partial charge on any atom is 0.283 e. The van der Waals surface area contributed by atoms with Crippen LogP contribution < -0.4 is 10.2 Å². The van der Waals surface area contributed by atoms with Gasteiger partial charge in [0.05, 0.1) is 30.7 Å². The third-order valence-corrected chi connectivity index (χ3v) is 4.06. The van der Waals surface area contributed by atoms with Gasteiger partial charge in [0.2, 0.25) is 5.88 Å². The number of hydrogen-bond acceptors (Lipinski definition) is 8. The monoisotopic (exact) mass is 388 g/mol. The summed E-state index contributed by atoms with van der Waals surface area (Å²) < 4.78 is 28.8. The Morgan fingerprint density at radius 3 is 3.00 bits per heavy atom. The molecule has 10 nitrogen and oxygen atoms in total. The first kappa shape index (κ1) is 18.1. The second kappa shape index (κ2) is 8.15. The van der Waals surface area contributed by atoms with Crippen LogP contribution in [0.15, 0.2) is 35.2 Å². The fraction of sp³-hybridized carbons (Fsp3) is 0.294. The molecule has 0 spiro atoms. The molecular formula is C17H17FN6O4. The van der Waals surface area contributed by atoms with E-state index in [1.807, 2.05) is 0 Å². The summed E-state index contributed by atoms with van der Waals surface area (Å²) >= 11 is 0. The van der Waals surface area contributed by atoms with Crippen molar-refractivity contribution in [3.05, 3.63) is 47.7 Å². The first-order chi connectivity index (χ1) is 13.7. The Bertz CT molecular complexity index is 935. The van der Waals surface area contributed by atoms with Crippen molar-refractivity contribution < 1.29 is 23.2 Å². The molecule has 146 valence electrons. The van der Waals surface area contributed by atoms with Crippen LogP contribution in [0.2, 0.25) is 0 Å². The van der Waals surface area contributed by atoms with Gasteiger partial charge in [-0.25, -0.2) is 9.40 Å². The molecule has 0 unspecified atom stereocenters. The number of hydrazine groups is 1. The summed E-state index contributed by atoms with van der Waals surface area (Å²) in [5.74, 6) is -0.513. The van der Waals surface area contributed by atoms with Gasteiger partial charge in [0.1, 0.15) is 30.1 Å². The zero-order chi connectivity index (χ0) is 19.3. The first-order valence-corrected chi connectivity index (χ1v) is 8.56. The van der Waals surface area contributed by atoms with Crippen LogP contribution in [-0.2, 0) is 11.3 Å². The number of carbonyl (C=O) groups excluding carboxylic acids is 1. The van der Waals surface area contributed by atoms with Gasteiger partial charge in [0, 0.05) is 19.2 Å². The zero-order valence-corrected chi connectivity index (χ0v) is 14.7. The molecule has 1 aliphatic rings. The number of nitrogens with zero attached hydrogens (tertiary/aromatic N) is 4. The van der Waals surface area contributed by atoms with Gasteiger partial charge in [-0.2, -0.15) is 0 Å². The standard InChI is InChI=1S/C17H17FN6O4/c18-12-1-2-13(19-8-12)16-11(10-28-23-16)9-27-15-7-14(20-21-15)17(25)22-24-3-5-26-6-4-24/h1-2,7-8,10H,3-6,9H2,(H,20,21)(H,22,25). The predicted octanol–water partition coefficient (Wildman–Crippen LogP) is 1.15. The van der Waals surface area contributed by atoms with E-state index in [-0.39, 0.29) is 24.1 Å². The summed E-state index contributed by atoms with van der Waals surface area (Å²) in [6.45, 7) is 2.48. The number of morpholine rings is 1. The number of aromatic amines is 1. The molecule has 1 saturated heterocycles. The first-order valence-electron chi connectivity index (χ1n) is 8.56. The number of nitrogens with one attached hydrogen (secondary N) is 2. The van der Waals surface area contributed by atoms with E-state index in [2.05, 4.69) is 25.8 Å². The predicted molar refractivity (Wildman–Crippen MR) is 92.5 cm³/mol. The Hall–Kier alpha value is -3.31. The molecule has 28 heavy (non-hydrogen) atoms. The number of ether oxygens (including phenoxy) is 2. The Kier molecular flexibility index (Phi) is 5.26. The summed E-state index contributed by atoms with van der Waals surface area (Å²) in [6.07, 6.45) is 2.51. The molecule has 0 atom stereocenters. The van der Waals surface area contributed by atoms with Crippen molar-refractivity contribution in [3.63, 3.8) is 0 Å². The second-order valence-corrected chi connectivity index (χ2v) is 6.00. The molecule has 0 aliphatic carbocycles. The lowest BCUT2D eigenvalue weighted by Crippen LogP contribution is -2.48. The van der Waals surface area contributed by atoms with Crippen molar-refractivity contribution in [1.82, 2.24) is 30.8 Å². The van der Waals surface area contributed by atoms with Crippen molar-refractivity contribution in [3.8, 4) is 17.3 Å². The molecule has 0 bridgehead atoms. The molecule has 3 aromatic rings. The molecule has 4 rings (SSSR count). The van der Waals surface area contributed by atoms with Gasteiger partial charge in [-0.3, -0.25) is 20.3 Å². The summed E-state index contributed by atoms with van der Waals surface area (Å²) in [5, 5.41) is 12.3. The van der Waals surface area contributed by atoms with Crippen LogP contribution in [0, 0.1) is 5.82 Å². The van der Waals surface area contributed by atoms with Gasteiger partial charge in [-0.1, -0.05) is 5.16 Å². The van der Waals surface area contributed by atoms with E-state index < -0.39 is 5.82 Å². The number of hydrogen-bond donors (Lipinski definition) is 2. The Balaban J connectivity index is 1.37. The van der Waals surface area contributed by atoms with Crippen molar-refractivity contribution in [2.24, 2.45) is 0 Å². The van der Waals surface area contributed by atoms with Gasteiger partial charge in [0.15, 0.2) is 0 Å². The van der Waals surface area contributed by atoms with Crippen molar-refractivity contribution in [1.29, 1.82) is 0 Å². The molecule has 0 aromatic carbocycles. The van der Waals surface area contributed by atoms with E-state index in [0.717, 1.165) is 6.20 Å². The number of aromatic nitrogens is 4. The lowest BCUT2D eigenvalue weighted by molar-refractivity contribution is 0.0124. The number of carbonyl (C=O) groups is 1. The number of H-pyrrole nitrogens is 1. The van der Waals surface area contributed by atoms with Crippen molar-refractivity contribution >= 4 is 5.91 Å². The molecule has 3 aromatic heterocycles. The third kappa shape index (κ3) is 4.15. The minimum atomic E-state index is -0.440. The van der Waals surface area contributed by atoms with E-state index in [1.165, 1.54) is 24.5 Å². The fourth-order valence-electron chi connectivity index (χ4n) is 2.61. The molecule has 0 saturated carbocycles. The maximum atomic E-state index is 13.0. The van der Waals surface area contributed by atoms with Gasteiger partial charge >= 0.3 is 0 Å². The number of rotatable bonds is 6. The Labute approximate surface area is 158 Å². The highest BCUT2D eigenvalue weighted by molar-refractivity contribution is 5.92. The van der Waals surface area contributed by atoms with Crippen molar-refractivity contribution in [2.45, 2.75) is 6.61 Å². The minimum absolute atomic E-state index is 0.0905. The molecule has 11 heteroatoms. The van der Waals surface area contributed by atoms with E-state index in [1.54, 1.807) is 5.01 Å². The van der Waals surface area contributed by atoms with Crippen LogP contribution in [0.5, 0.6) is 5.88 Å². The Morgan fingerprint density at radius 1 is 1.36 bits per heavy atom. The van der Waals surface area contributed by atoms with Gasteiger partial charge in [0.25, 0.3) is 5.91 Å². The molecular weight excluding hydrogens is 371 g/mol. The van der Waals surface area contributed by atoms with Gasteiger partial charge < -0.3 is 14.0 Å². The molecule has 1 aliphatic heterocycles. The lowest BCUT2D eigenvalue weighted by Gasteiger charge is -2.26. The lowest BCUT2D eigenvalue weighted by atomic mass is 10.2. The van der Waals surface area contributed by atoms with Crippen LogP contribution >= 0.6 is 0 Å². The van der Waals surface area contributed by atoms with E-state index in [4.69, 9.17) is 14.0 Å². The van der Waals surface area contributed by atoms with Crippen LogP contribution in [0.25, 0.3) is 11.4 Å². The largest absolute Gasteiger partial charge is 0.472 e. The average Bonchev–Trinajstić information content (AvgIpc) is 3.37. The van der Waals surface area contributed by atoms with Crippen molar-refractivity contribution in [2.75, 3.05) is 26.3 Å². The molecule has 2 N–H and O–H groups in total. The SMILES string of the molecule is O=C(NN1CCOCC1)c1cc(OCc2conc2-c2ccc(F)cn2)n[nH]1. The van der Waals surface area contributed by atoms with Crippen LogP contribution in [-0.4, -0.2) is 57.6 Å². The molecule has 1 amide bonds. The fourth-order valence-corrected chi connectivity index (χ4v) is 2.61. The third-order valence-electron chi connectivity index (χ3n) is 4.06. The van der Waals surface area contributed by atoms with E-state index in [0.29, 0.717) is 43.3 Å². The average molecular weight is 388 g/mol. The normalized spacial score (nSPS) is 14.8. The number of amides is 1. The quantitative estimate of drug-likeness (QED) is 0.646. The maximum absolute atomic E-state index is 13.0. The summed E-state index contributed by atoms with van der Waals surface area (Å²) in [6, 6.07) is 4.28. The van der Waals surface area contributed by atoms with E-state index >= 15 is 0 Å². The van der Waals surface area contributed by atoms with Crippen LogP contribution in [0.3, 0.4) is 0 Å². The van der Waals surface area contributed by atoms with E-state index in [9.17, 15) is 9.18 Å². The highest BCUT2D eigenvalue weighted by atomic mass is 19.1. The zero-order valence-electron chi connectivity index (χ0n) is 14.7.